The molecule has 184 valence electrons. The van der Waals surface area contributed by atoms with Gasteiger partial charge in [0.2, 0.25) is 5.91 Å². The third-order valence-corrected chi connectivity index (χ3v) is 8.75. The van der Waals surface area contributed by atoms with Gasteiger partial charge in [-0.2, -0.15) is 0 Å². The number of aromatic nitrogens is 1. The summed E-state index contributed by atoms with van der Waals surface area (Å²) in [6.07, 6.45) is 0. The van der Waals surface area contributed by atoms with Gasteiger partial charge in [0.05, 0.1) is 17.1 Å². The van der Waals surface area contributed by atoms with Gasteiger partial charge in [-0.3, -0.25) is 4.79 Å². The maximum atomic E-state index is 13.0. The Labute approximate surface area is 225 Å². The summed E-state index contributed by atoms with van der Waals surface area (Å²) in [4.78, 5) is 22.4. The first-order valence-electron chi connectivity index (χ1n) is 12.4. The van der Waals surface area contributed by atoms with E-state index < -0.39 is 0 Å². The van der Waals surface area contributed by atoms with Crippen molar-refractivity contribution in [2.45, 2.75) is 21.6 Å². The molecule has 0 unspecified atom stereocenters. The molecule has 0 saturated heterocycles. The summed E-state index contributed by atoms with van der Waals surface area (Å²) in [5, 5.41) is 4.37. The van der Waals surface area contributed by atoms with E-state index >= 15 is 0 Å². The van der Waals surface area contributed by atoms with Crippen molar-refractivity contribution < 1.29 is 4.79 Å². The van der Waals surface area contributed by atoms with Crippen molar-refractivity contribution in [2.24, 2.45) is 0 Å². The fourth-order valence-corrected chi connectivity index (χ4v) is 6.83. The molecule has 0 radical (unpaired) electrons. The molecule has 4 aromatic carbocycles. The number of carbonyl (C=O) groups excluding carboxylic acids is 1. The first kappa shape index (κ1) is 23.8. The number of hydrogen-bond donors (Lipinski definition) is 2. The number of hydrogen-bond acceptors (Lipinski definition) is 4. The molecular formula is C31H27N3OS2. The van der Waals surface area contributed by atoms with Crippen LogP contribution in [0.2, 0.25) is 0 Å². The molecule has 0 fully saturated rings. The number of H-pyrrole nitrogens is 1. The smallest absolute Gasteiger partial charge is 0.239 e. The second-order valence-corrected chi connectivity index (χ2v) is 11.3. The molecular weight excluding hydrogens is 494 g/mol. The minimum Gasteiger partial charge on any atom is -0.354 e. The van der Waals surface area contributed by atoms with Gasteiger partial charge in [-0.05, 0) is 42.8 Å². The number of carbonyl (C=O) groups is 1. The van der Waals surface area contributed by atoms with Crippen molar-refractivity contribution in [1.29, 1.82) is 0 Å². The highest BCUT2D eigenvalue weighted by Gasteiger charge is 2.24. The van der Waals surface area contributed by atoms with Crippen LogP contribution in [0.4, 0.5) is 11.4 Å². The van der Waals surface area contributed by atoms with Crippen molar-refractivity contribution >= 4 is 51.7 Å². The zero-order valence-electron chi connectivity index (χ0n) is 20.5. The predicted octanol–water partition coefficient (Wildman–Crippen LogP) is 7.65. The molecule has 5 aromatic rings. The Bertz CT molecular complexity index is 1530. The van der Waals surface area contributed by atoms with Gasteiger partial charge in [-0.15, -0.1) is 11.8 Å². The van der Waals surface area contributed by atoms with E-state index in [1.807, 2.05) is 24.3 Å². The second kappa shape index (κ2) is 10.4. The Hall–Kier alpha value is -3.61. The average molecular weight is 522 g/mol. The number of nitrogens with one attached hydrogen (secondary N) is 2. The fourth-order valence-electron chi connectivity index (χ4n) is 4.68. The van der Waals surface area contributed by atoms with Crippen molar-refractivity contribution in [3.8, 4) is 11.3 Å². The highest BCUT2D eigenvalue weighted by atomic mass is 32.2. The van der Waals surface area contributed by atoms with E-state index in [9.17, 15) is 4.79 Å². The van der Waals surface area contributed by atoms with E-state index in [1.165, 1.54) is 31.2 Å². The molecule has 37 heavy (non-hydrogen) atoms. The summed E-state index contributed by atoms with van der Waals surface area (Å²) in [5.74, 6) is 0.810. The molecule has 1 aromatic heterocycles. The van der Waals surface area contributed by atoms with Gasteiger partial charge < -0.3 is 15.2 Å². The summed E-state index contributed by atoms with van der Waals surface area (Å²) < 4.78 is 0. The van der Waals surface area contributed by atoms with Crippen LogP contribution in [0.5, 0.6) is 0 Å². The van der Waals surface area contributed by atoms with E-state index in [2.05, 4.69) is 94.9 Å². The zero-order valence-corrected chi connectivity index (χ0v) is 22.2. The van der Waals surface area contributed by atoms with Crippen LogP contribution in [-0.2, 0) is 4.79 Å². The van der Waals surface area contributed by atoms with E-state index in [0.717, 1.165) is 28.3 Å². The van der Waals surface area contributed by atoms with Crippen LogP contribution < -0.4 is 10.2 Å². The number of anilines is 2. The van der Waals surface area contributed by atoms with Gasteiger partial charge in [-0.25, -0.2) is 0 Å². The van der Waals surface area contributed by atoms with Crippen molar-refractivity contribution in [3.05, 3.63) is 103 Å². The fraction of sp³-hybridized carbons (Fsp3) is 0.129. The standard InChI is InChI=1S/C31H27N3OS2/c1-21-14-16-22(17-15-21)30-31(23-8-2-3-9-24(23)33-30)36-19-18-32-29(35)20-34-25-10-4-6-12-27(25)37-28-13-7-5-11-26(28)34/h2-17,33H,18-20H2,1H3,(H,32,35). The lowest BCUT2D eigenvalue weighted by molar-refractivity contribution is -0.119. The highest BCUT2D eigenvalue weighted by molar-refractivity contribution is 8.00. The number of para-hydroxylation sites is 3. The maximum absolute atomic E-state index is 13.0. The van der Waals surface area contributed by atoms with E-state index in [1.54, 1.807) is 23.5 Å². The van der Waals surface area contributed by atoms with Crippen molar-refractivity contribution in [1.82, 2.24) is 10.3 Å². The molecule has 0 bridgehead atoms. The van der Waals surface area contributed by atoms with Crippen LogP contribution in [-0.4, -0.2) is 29.7 Å². The Morgan fingerprint density at radius 2 is 1.51 bits per heavy atom. The number of aromatic amines is 1. The largest absolute Gasteiger partial charge is 0.354 e. The molecule has 1 aliphatic rings. The van der Waals surface area contributed by atoms with Crippen LogP contribution in [0.1, 0.15) is 5.56 Å². The molecule has 1 amide bonds. The second-order valence-electron chi connectivity index (χ2n) is 9.06. The molecule has 2 heterocycles. The van der Waals surface area contributed by atoms with Crippen LogP contribution >= 0.6 is 23.5 Å². The van der Waals surface area contributed by atoms with E-state index in [-0.39, 0.29) is 5.91 Å². The molecule has 0 saturated carbocycles. The SMILES string of the molecule is Cc1ccc(-c2[nH]c3ccccc3c2SCCNC(=O)CN2c3ccccc3Sc3ccccc32)cc1. The summed E-state index contributed by atoms with van der Waals surface area (Å²) in [6, 6.07) is 33.6. The molecule has 1 aliphatic heterocycles. The Morgan fingerprint density at radius 3 is 2.24 bits per heavy atom. The van der Waals surface area contributed by atoms with Gasteiger partial charge in [0.25, 0.3) is 0 Å². The highest BCUT2D eigenvalue weighted by Crippen LogP contribution is 2.47. The molecule has 4 nitrogen and oxygen atoms in total. The van der Waals surface area contributed by atoms with Crippen LogP contribution in [0.15, 0.2) is 112 Å². The number of aryl methyl sites for hydroxylation is 1. The summed E-state index contributed by atoms with van der Waals surface area (Å²) in [7, 11) is 0. The number of amides is 1. The molecule has 6 rings (SSSR count). The quantitative estimate of drug-likeness (QED) is 0.171. The molecule has 0 spiro atoms. The number of nitrogens with zero attached hydrogens (tertiary/aromatic N) is 1. The monoisotopic (exact) mass is 521 g/mol. The van der Waals surface area contributed by atoms with Crippen LogP contribution in [0.3, 0.4) is 0 Å². The van der Waals surface area contributed by atoms with Gasteiger partial charge in [-0.1, -0.05) is 84.1 Å². The zero-order chi connectivity index (χ0) is 25.2. The number of rotatable bonds is 7. The first-order chi connectivity index (χ1) is 18.2. The third kappa shape index (κ3) is 4.87. The van der Waals surface area contributed by atoms with Gasteiger partial charge >= 0.3 is 0 Å². The maximum Gasteiger partial charge on any atom is 0.239 e. The Morgan fingerprint density at radius 1 is 0.865 bits per heavy atom. The van der Waals surface area contributed by atoms with Crippen LogP contribution in [0, 0.1) is 6.92 Å². The normalized spacial score (nSPS) is 12.3. The topological polar surface area (TPSA) is 48.1 Å². The average Bonchev–Trinajstić information content (AvgIpc) is 3.30. The molecule has 0 aliphatic carbocycles. The Balaban J connectivity index is 1.14. The lowest BCUT2D eigenvalue weighted by Gasteiger charge is -2.32. The number of fused-ring (bicyclic) bond motifs is 3. The summed E-state index contributed by atoms with van der Waals surface area (Å²) >= 11 is 3.54. The lowest BCUT2D eigenvalue weighted by atomic mass is 10.1. The minimum absolute atomic E-state index is 0.0230. The summed E-state index contributed by atoms with van der Waals surface area (Å²) in [6.45, 7) is 3.00. The van der Waals surface area contributed by atoms with E-state index in [4.69, 9.17) is 0 Å². The van der Waals surface area contributed by atoms with Gasteiger partial charge in [0.1, 0.15) is 6.54 Å². The van der Waals surface area contributed by atoms with Gasteiger partial charge in [0.15, 0.2) is 0 Å². The Kier molecular flexibility index (Phi) is 6.68. The number of thioether (sulfide) groups is 1. The third-order valence-electron chi connectivity index (χ3n) is 6.50. The van der Waals surface area contributed by atoms with E-state index in [0.29, 0.717) is 13.1 Å². The first-order valence-corrected chi connectivity index (χ1v) is 14.2. The summed E-state index contributed by atoms with van der Waals surface area (Å²) in [5.41, 5.74) is 6.85. The predicted molar refractivity (Wildman–Crippen MR) is 156 cm³/mol. The van der Waals surface area contributed by atoms with Crippen molar-refractivity contribution in [2.75, 3.05) is 23.7 Å². The molecule has 2 N–H and O–H groups in total. The van der Waals surface area contributed by atoms with Crippen LogP contribution in [0.25, 0.3) is 22.2 Å². The molecule has 0 atom stereocenters. The lowest BCUT2D eigenvalue weighted by Crippen LogP contribution is -2.36. The minimum atomic E-state index is 0.0230. The molecule has 6 heteroatoms. The van der Waals surface area contributed by atoms with Crippen molar-refractivity contribution in [3.63, 3.8) is 0 Å². The van der Waals surface area contributed by atoms with Gasteiger partial charge in [0, 0.05) is 37.9 Å². The number of benzene rings is 4.